The topological polar surface area (TPSA) is 63.0 Å². The number of aromatic nitrogens is 3. The molecule has 0 saturated carbocycles. The van der Waals surface area contributed by atoms with Crippen LogP contribution in [-0.4, -0.2) is 57.9 Å². The first-order chi connectivity index (χ1) is 11.0. The molecule has 2 aromatic rings. The van der Waals surface area contributed by atoms with Crippen molar-refractivity contribution in [1.82, 2.24) is 19.5 Å². The summed E-state index contributed by atoms with van der Waals surface area (Å²) in [6.45, 7) is 5.25. The number of likely N-dealkylation sites (N-methyl/N-ethyl adjacent to an activating group) is 1. The van der Waals surface area contributed by atoms with E-state index >= 15 is 0 Å². The van der Waals surface area contributed by atoms with Gasteiger partial charge in [-0.15, -0.1) is 0 Å². The van der Waals surface area contributed by atoms with Crippen molar-refractivity contribution in [3.8, 4) is 0 Å². The minimum Gasteiger partial charge on any atom is -0.447 e. The largest absolute Gasteiger partial charge is 0.447 e. The van der Waals surface area contributed by atoms with Gasteiger partial charge < -0.3 is 14.5 Å². The second-order valence-electron chi connectivity index (χ2n) is 6.22. The Balaban J connectivity index is 1.68. The van der Waals surface area contributed by atoms with Crippen molar-refractivity contribution in [3.63, 3.8) is 0 Å². The van der Waals surface area contributed by atoms with E-state index in [1.807, 2.05) is 44.1 Å². The number of carbonyl (C=O) groups excluding carboxylic acids is 1. The maximum Gasteiger partial charge on any atom is 0.410 e. The van der Waals surface area contributed by atoms with Gasteiger partial charge in [0.15, 0.2) is 5.65 Å². The fourth-order valence-corrected chi connectivity index (χ4v) is 2.96. The number of rotatable bonds is 4. The summed E-state index contributed by atoms with van der Waals surface area (Å²) in [7, 11) is 2.00. The van der Waals surface area contributed by atoms with Crippen molar-refractivity contribution in [2.24, 2.45) is 0 Å². The second-order valence-corrected chi connectivity index (χ2v) is 6.22. The van der Waals surface area contributed by atoms with E-state index < -0.39 is 0 Å². The summed E-state index contributed by atoms with van der Waals surface area (Å²) in [5, 5.41) is 4.15. The summed E-state index contributed by atoms with van der Waals surface area (Å²) in [4.78, 5) is 20.7. The highest BCUT2D eigenvalue weighted by molar-refractivity contribution is 5.68. The van der Waals surface area contributed by atoms with Crippen molar-refractivity contribution < 1.29 is 9.53 Å². The molecular formula is C16H23N5O2. The third-order valence-corrected chi connectivity index (χ3v) is 4.07. The Hall–Kier alpha value is -2.31. The number of hydrogen-bond donors (Lipinski definition) is 0. The Morgan fingerprint density at radius 1 is 1.48 bits per heavy atom. The van der Waals surface area contributed by atoms with Gasteiger partial charge in [-0.1, -0.05) is 0 Å². The first kappa shape index (κ1) is 15.6. The molecule has 0 bridgehead atoms. The number of ether oxygens (including phenoxy) is 1. The van der Waals surface area contributed by atoms with Crippen molar-refractivity contribution in [2.45, 2.75) is 38.8 Å². The molecule has 2 aromatic heterocycles. The average molecular weight is 317 g/mol. The Bertz CT molecular complexity index is 684. The first-order valence-corrected chi connectivity index (χ1v) is 8.03. The van der Waals surface area contributed by atoms with E-state index in [9.17, 15) is 4.79 Å². The molecule has 1 unspecified atom stereocenters. The van der Waals surface area contributed by atoms with Crippen LogP contribution in [0.3, 0.4) is 0 Å². The highest BCUT2D eigenvalue weighted by Gasteiger charge is 2.31. The summed E-state index contributed by atoms with van der Waals surface area (Å²) < 4.78 is 7.08. The lowest BCUT2D eigenvalue weighted by Crippen LogP contribution is -2.43. The molecule has 3 heterocycles. The Labute approximate surface area is 135 Å². The van der Waals surface area contributed by atoms with Gasteiger partial charge in [0, 0.05) is 32.4 Å². The number of likely N-dealkylation sites (tertiary alicyclic amines) is 1. The molecule has 0 radical (unpaired) electrons. The van der Waals surface area contributed by atoms with Crippen LogP contribution >= 0.6 is 0 Å². The third-order valence-electron chi connectivity index (χ3n) is 4.07. The van der Waals surface area contributed by atoms with E-state index in [-0.39, 0.29) is 18.2 Å². The van der Waals surface area contributed by atoms with E-state index in [1.165, 1.54) is 0 Å². The zero-order valence-electron chi connectivity index (χ0n) is 13.8. The fourth-order valence-electron chi connectivity index (χ4n) is 2.96. The summed E-state index contributed by atoms with van der Waals surface area (Å²) in [6, 6.07) is 3.97. The molecule has 1 atom stereocenters. The minimum atomic E-state index is -0.213. The number of anilines is 1. The number of amides is 1. The van der Waals surface area contributed by atoms with Gasteiger partial charge in [-0.25, -0.2) is 14.3 Å². The van der Waals surface area contributed by atoms with E-state index in [2.05, 4.69) is 15.0 Å². The highest BCUT2D eigenvalue weighted by Crippen LogP contribution is 2.21. The molecule has 7 heteroatoms. The Morgan fingerprint density at radius 3 is 3.09 bits per heavy atom. The molecule has 0 spiro atoms. The molecule has 1 aliphatic heterocycles. The molecule has 7 nitrogen and oxygen atoms in total. The Kier molecular flexibility index (Phi) is 4.36. The van der Waals surface area contributed by atoms with Gasteiger partial charge in [-0.05, 0) is 32.8 Å². The molecule has 1 amide bonds. The van der Waals surface area contributed by atoms with Crippen LogP contribution in [0.4, 0.5) is 10.6 Å². The zero-order chi connectivity index (χ0) is 16.4. The predicted octanol–water partition coefficient (Wildman–Crippen LogP) is 2.17. The van der Waals surface area contributed by atoms with Gasteiger partial charge in [0.2, 0.25) is 0 Å². The van der Waals surface area contributed by atoms with Crippen LogP contribution in [0, 0.1) is 0 Å². The smallest absolute Gasteiger partial charge is 0.410 e. The van der Waals surface area contributed by atoms with Gasteiger partial charge in [-0.3, -0.25) is 0 Å². The van der Waals surface area contributed by atoms with E-state index in [0.717, 1.165) is 37.4 Å². The Morgan fingerprint density at radius 2 is 2.30 bits per heavy atom. The van der Waals surface area contributed by atoms with E-state index in [4.69, 9.17) is 4.74 Å². The molecule has 0 N–H and O–H groups in total. The SMILES string of the molecule is CC(C)OC(=O)N1CCCC1CN(C)c1ccn2nccc2n1. The molecule has 0 aliphatic carbocycles. The lowest BCUT2D eigenvalue weighted by Gasteiger charge is -2.29. The quantitative estimate of drug-likeness (QED) is 0.865. The van der Waals surface area contributed by atoms with Crippen molar-refractivity contribution in [2.75, 3.05) is 25.0 Å². The molecule has 1 aliphatic rings. The van der Waals surface area contributed by atoms with Crippen molar-refractivity contribution in [1.29, 1.82) is 0 Å². The van der Waals surface area contributed by atoms with Gasteiger partial charge in [0.25, 0.3) is 0 Å². The van der Waals surface area contributed by atoms with Crippen molar-refractivity contribution >= 4 is 17.6 Å². The van der Waals surface area contributed by atoms with Crippen LogP contribution < -0.4 is 4.90 Å². The lowest BCUT2D eigenvalue weighted by atomic mass is 10.2. The second kappa shape index (κ2) is 6.44. The van der Waals surface area contributed by atoms with Gasteiger partial charge >= 0.3 is 6.09 Å². The lowest BCUT2D eigenvalue weighted by molar-refractivity contribution is 0.0740. The van der Waals surface area contributed by atoms with Crippen LogP contribution in [0.25, 0.3) is 5.65 Å². The number of fused-ring (bicyclic) bond motifs is 1. The average Bonchev–Trinajstić information content (AvgIpc) is 3.13. The summed E-state index contributed by atoms with van der Waals surface area (Å²) >= 11 is 0. The normalized spacial score (nSPS) is 17.9. The predicted molar refractivity (Wildman–Crippen MR) is 87.6 cm³/mol. The molecule has 124 valence electrons. The van der Waals surface area contributed by atoms with E-state index in [0.29, 0.717) is 0 Å². The van der Waals surface area contributed by atoms with Gasteiger partial charge in [0.05, 0.1) is 18.3 Å². The van der Waals surface area contributed by atoms with Crippen LogP contribution in [0.1, 0.15) is 26.7 Å². The minimum absolute atomic E-state index is 0.0904. The molecular weight excluding hydrogens is 294 g/mol. The van der Waals surface area contributed by atoms with Crippen LogP contribution in [0.5, 0.6) is 0 Å². The third kappa shape index (κ3) is 3.38. The molecule has 1 saturated heterocycles. The molecule has 0 aromatic carbocycles. The van der Waals surface area contributed by atoms with Crippen LogP contribution in [0.2, 0.25) is 0 Å². The highest BCUT2D eigenvalue weighted by atomic mass is 16.6. The summed E-state index contributed by atoms with van der Waals surface area (Å²) in [5.74, 6) is 0.877. The number of hydrogen-bond acceptors (Lipinski definition) is 5. The van der Waals surface area contributed by atoms with Crippen LogP contribution in [-0.2, 0) is 4.74 Å². The maximum atomic E-state index is 12.2. The van der Waals surface area contributed by atoms with Gasteiger partial charge in [0.1, 0.15) is 5.82 Å². The molecule has 3 rings (SSSR count). The summed E-state index contributed by atoms with van der Waals surface area (Å²) in [5.41, 5.74) is 0.817. The first-order valence-electron chi connectivity index (χ1n) is 8.03. The maximum absolute atomic E-state index is 12.2. The van der Waals surface area contributed by atoms with Gasteiger partial charge in [-0.2, -0.15) is 5.10 Å². The molecule has 23 heavy (non-hydrogen) atoms. The number of nitrogens with zero attached hydrogens (tertiary/aromatic N) is 5. The van der Waals surface area contributed by atoms with Crippen molar-refractivity contribution in [3.05, 3.63) is 24.5 Å². The molecule has 1 fully saturated rings. The fraction of sp³-hybridized carbons (Fsp3) is 0.562. The standard InChI is InChI=1S/C16H23N5O2/c1-12(2)23-16(22)20-9-4-5-13(20)11-19(3)14-7-10-21-15(18-14)6-8-17-21/h6-8,10,12-13H,4-5,9,11H2,1-3H3. The number of carbonyl (C=O) groups is 1. The van der Waals surface area contributed by atoms with Crippen LogP contribution in [0.15, 0.2) is 24.5 Å². The monoisotopic (exact) mass is 317 g/mol. The van der Waals surface area contributed by atoms with E-state index in [1.54, 1.807) is 10.7 Å². The summed E-state index contributed by atoms with van der Waals surface area (Å²) in [6.07, 6.45) is 5.33. The zero-order valence-corrected chi connectivity index (χ0v) is 13.8.